The molecule has 0 bridgehead atoms. The summed E-state index contributed by atoms with van der Waals surface area (Å²) in [5.41, 5.74) is 4.87. The van der Waals surface area contributed by atoms with Crippen molar-refractivity contribution in [2.75, 3.05) is 20.3 Å². The van der Waals surface area contributed by atoms with Gasteiger partial charge in [0.05, 0.1) is 13.2 Å². The number of aromatic nitrogens is 1. The second-order valence-electron chi connectivity index (χ2n) is 7.64. The van der Waals surface area contributed by atoms with Crippen LogP contribution in [-0.4, -0.2) is 47.7 Å². The minimum atomic E-state index is -1.23. The quantitative estimate of drug-likeness (QED) is 0.502. The minimum Gasteiger partial charge on any atom is -0.495 e. The smallest absolute Gasteiger partial charge is 0.407 e. The zero-order valence-electron chi connectivity index (χ0n) is 17.8. The van der Waals surface area contributed by atoms with Crippen LogP contribution in [0.5, 0.6) is 5.75 Å². The number of nitrogens with one attached hydrogen (secondary N) is 1. The van der Waals surface area contributed by atoms with Crippen LogP contribution in [0.25, 0.3) is 11.1 Å². The number of ether oxygens (including phenoxy) is 2. The number of pyridine rings is 1. The fraction of sp³-hybridized carbons (Fsp3) is 0.280. The van der Waals surface area contributed by atoms with Gasteiger partial charge in [-0.1, -0.05) is 48.5 Å². The van der Waals surface area contributed by atoms with Gasteiger partial charge in [-0.05, 0) is 40.8 Å². The normalized spacial score (nSPS) is 14.2. The third-order valence-electron chi connectivity index (χ3n) is 5.72. The van der Waals surface area contributed by atoms with Gasteiger partial charge < -0.3 is 25.0 Å². The van der Waals surface area contributed by atoms with Gasteiger partial charge in [0.25, 0.3) is 0 Å². The van der Waals surface area contributed by atoms with E-state index in [9.17, 15) is 15.0 Å². The zero-order chi connectivity index (χ0) is 22.5. The van der Waals surface area contributed by atoms with Crippen LogP contribution in [0.15, 0.2) is 66.9 Å². The van der Waals surface area contributed by atoms with Gasteiger partial charge in [-0.25, -0.2) is 4.79 Å². The first-order valence-electron chi connectivity index (χ1n) is 10.5. The first kappa shape index (κ1) is 21.8. The topological polar surface area (TPSA) is 101 Å². The molecule has 1 aliphatic rings. The van der Waals surface area contributed by atoms with E-state index in [0.717, 1.165) is 11.1 Å². The van der Waals surface area contributed by atoms with Crippen molar-refractivity contribution in [2.45, 2.75) is 24.5 Å². The summed E-state index contributed by atoms with van der Waals surface area (Å²) < 4.78 is 10.6. The number of amides is 1. The maximum Gasteiger partial charge on any atom is 0.407 e. The number of aliphatic hydroxyl groups is 2. The van der Waals surface area contributed by atoms with Crippen LogP contribution in [0.2, 0.25) is 0 Å². The molecule has 1 amide bonds. The molecule has 0 aliphatic heterocycles. The van der Waals surface area contributed by atoms with Crippen LogP contribution in [0.3, 0.4) is 0 Å². The van der Waals surface area contributed by atoms with Gasteiger partial charge in [0.2, 0.25) is 0 Å². The first-order chi connectivity index (χ1) is 15.6. The molecule has 7 nitrogen and oxygen atoms in total. The summed E-state index contributed by atoms with van der Waals surface area (Å²) in [6, 6.07) is 19.6. The Morgan fingerprint density at radius 1 is 1.03 bits per heavy atom. The number of methoxy groups -OCH3 is 1. The van der Waals surface area contributed by atoms with Gasteiger partial charge in [0.15, 0.2) is 0 Å². The lowest BCUT2D eigenvalue weighted by atomic mass is 9.98. The van der Waals surface area contributed by atoms with Crippen molar-refractivity contribution in [3.63, 3.8) is 0 Å². The van der Waals surface area contributed by atoms with E-state index in [1.807, 2.05) is 24.3 Å². The number of fused-ring (bicyclic) bond motifs is 3. The van der Waals surface area contributed by atoms with Crippen molar-refractivity contribution in [3.05, 3.63) is 83.7 Å². The van der Waals surface area contributed by atoms with E-state index in [0.29, 0.717) is 5.75 Å². The van der Waals surface area contributed by atoms with Gasteiger partial charge in [0, 0.05) is 18.7 Å². The van der Waals surface area contributed by atoms with Gasteiger partial charge in [-0.3, -0.25) is 4.98 Å². The number of alkyl carbamates (subject to hydrolysis) is 1. The SMILES string of the molecule is COc1cccnc1C(O)C(O)CCNC(=O)OCC1c2ccccc2-c2ccccc21. The molecule has 166 valence electrons. The van der Waals surface area contributed by atoms with Crippen LogP contribution in [0.4, 0.5) is 4.79 Å². The number of benzene rings is 2. The highest BCUT2D eigenvalue weighted by Crippen LogP contribution is 2.44. The number of hydrogen-bond donors (Lipinski definition) is 3. The molecule has 0 saturated heterocycles. The van der Waals surface area contributed by atoms with Crippen LogP contribution >= 0.6 is 0 Å². The molecule has 1 heterocycles. The molecule has 3 N–H and O–H groups in total. The number of rotatable bonds is 8. The maximum atomic E-state index is 12.2. The summed E-state index contributed by atoms with van der Waals surface area (Å²) in [6.07, 6.45) is -1.26. The average molecular weight is 434 g/mol. The highest BCUT2D eigenvalue weighted by atomic mass is 16.5. The third-order valence-corrected chi connectivity index (χ3v) is 5.72. The van der Waals surface area contributed by atoms with Crippen LogP contribution in [-0.2, 0) is 4.74 Å². The molecule has 2 atom stereocenters. The van der Waals surface area contributed by atoms with Crippen molar-refractivity contribution >= 4 is 6.09 Å². The summed E-state index contributed by atoms with van der Waals surface area (Å²) >= 11 is 0. The van der Waals surface area contributed by atoms with E-state index in [4.69, 9.17) is 9.47 Å². The van der Waals surface area contributed by atoms with Crippen molar-refractivity contribution < 1.29 is 24.5 Å². The highest BCUT2D eigenvalue weighted by molar-refractivity contribution is 5.79. The highest BCUT2D eigenvalue weighted by Gasteiger charge is 2.29. The Bertz CT molecular complexity index is 1040. The molecule has 0 fully saturated rings. The average Bonchev–Trinajstić information content (AvgIpc) is 3.16. The lowest BCUT2D eigenvalue weighted by molar-refractivity contribution is 0.00975. The van der Waals surface area contributed by atoms with E-state index in [1.54, 1.807) is 12.1 Å². The lowest BCUT2D eigenvalue weighted by Crippen LogP contribution is -2.31. The van der Waals surface area contributed by atoms with Crippen LogP contribution in [0, 0.1) is 0 Å². The summed E-state index contributed by atoms with van der Waals surface area (Å²) in [4.78, 5) is 16.3. The van der Waals surface area contributed by atoms with Gasteiger partial charge in [0.1, 0.15) is 24.2 Å². The van der Waals surface area contributed by atoms with Crippen LogP contribution < -0.4 is 10.1 Å². The van der Waals surface area contributed by atoms with Crippen molar-refractivity contribution in [1.82, 2.24) is 10.3 Å². The van der Waals surface area contributed by atoms with Gasteiger partial charge in [-0.15, -0.1) is 0 Å². The van der Waals surface area contributed by atoms with E-state index >= 15 is 0 Å². The number of carbonyl (C=O) groups is 1. The molecule has 0 radical (unpaired) electrons. The molecular formula is C25H26N2O5. The van der Waals surface area contributed by atoms with Crippen molar-refractivity contribution in [3.8, 4) is 16.9 Å². The Balaban J connectivity index is 1.29. The Hall–Kier alpha value is -3.42. The van der Waals surface area contributed by atoms with Gasteiger partial charge >= 0.3 is 6.09 Å². The molecule has 3 aromatic rings. The lowest BCUT2D eigenvalue weighted by Gasteiger charge is -2.19. The second kappa shape index (κ2) is 9.80. The monoisotopic (exact) mass is 434 g/mol. The largest absolute Gasteiger partial charge is 0.495 e. The molecule has 7 heteroatoms. The molecule has 0 spiro atoms. The van der Waals surface area contributed by atoms with Crippen LogP contribution in [0.1, 0.15) is 35.3 Å². The van der Waals surface area contributed by atoms with E-state index in [2.05, 4.69) is 34.6 Å². The standard InChI is InChI=1S/C25H26N2O5/c1-31-22-11-6-13-26-23(22)24(29)21(28)12-14-27-25(30)32-15-20-18-9-4-2-7-16(18)17-8-3-5-10-19(17)20/h2-11,13,20-21,24,28-29H,12,14-15H2,1H3,(H,27,30). The molecule has 32 heavy (non-hydrogen) atoms. The van der Waals surface area contributed by atoms with E-state index < -0.39 is 18.3 Å². The summed E-state index contributed by atoms with van der Waals surface area (Å²) in [5, 5.41) is 23.3. The molecule has 1 aromatic heterocycles. The van der Waals surface area contributed by atoms with E-state index in [-0.39, 0.29) is 31.2 Å². The third kappa shape index (κ3) is 4.44. The molecule has 0 saturated carbocycles. The van der Waals surface area contributed by atoms with Crippen molar-refractivity contribution in [2.24, 2.45) is 0 Å². The maximum absolute atomic E-state index is 12.2. The van der Waals surface area contributed by atoms with Crippen molar-refractivity contribution in [1.29, 1.82) is 0 Å². The Kier molecular flexibility index (Phi) is 6.68. The molecule has 1 aliphatic carbocycles. The summed E-state index contributed by atoms with van der Waals surface area (Å²) in [6.45, 7) is 0.361. The fourth-order valence-electron chi connectivity index (χ4n) is 4.11. The number of carbonyl (C=O) groups excluding carboxylic acids is 1. The number of hydrogen-bond acceptors (Lipinski definition) is 6. The van der Waals surface area contributed by atoms with E-state index in [1.165, 1.54) is 24.4 Å². The van der Waals surface area contributed by atoms with Gasteiger partial charge in [-0.2, -0.15) is 0 Å². The predicted octanol–water partition coefficient (Wildman–Crippen LogP) is 3.41. The number of aliphatic hydroxyl groups excluding tert-OH is 2. The number of nitrogens with zero attached hydrogens (tertiary/aromatic N) is 1. The molecule has 4 rings (SSSR count). The molecule has 2 unspecified atom stereocenters. The minimum absolute atomic E-state index is 0.0165. The Labute approximate surface area is 186 Å². The second-order valence-corrected chi connectivity index (χ2v) is 7.64. The predicted molar refractivity (Wildman–Crippen MR) is 119 cm³/mol. The Morgan fingerprint density at radius 3 is 2.34 bits per heavy atom. The Morgan fingerprint density at radius 2 is 1.69 bits per heavy atom. The summed E-state index contributed by atoms with van der Waals surface area (Å²) in [5.74, 6) is 0.376. The first-order valence-corrected chi connectivity index (χ1v) is 10.5. The summed E-state index contributed by atoms with van der Waals surface area (Å²) in [7, 11) is 1.47. The zero-order valence-corrected chi connectivity index (χ0v) is 17.8. The fourth-order valence-corrected chi connectivity index (χ4v) is 4.11. The molecule has 2 aromatic carbocycles. The molecular weight excluding hydrogens is 408 g/mol.